The summed E-state index contributed by atoms with van der Waals surface area (Å²) in [6.45, 7) is 0. The number of hydrogen-bond donors (Lipinski definition) is 2. The van der Waals surface area contributed by atoms with Gasteiger partial charge in [-0.25, -0.2) is 15.8 Å². The summed E-state index contributed by atoms with van der Waals surface area (Å²) in [5.74, 6) is 5.98. The summed E-state index contributed by atoms with van der Waals surface area (Å²) < 4.78 is 1.84. The Morgan fingerprint density at radius 2 is 2.12 bits per heavy atom. The maximum atomic E-state index is 5.43. The van der Waals surface area contributed by atoms with Crippen LogP contribution >= 0.6 is 0 Å². The first-order chi connectivity index (χ1) is 7.79. The highest BCUT2D eigenvalue weighted by atomic mass is 15.3. The van der Waals surface area contributed by atoms with Crippen LogP contribution in [0.3, 0.4) is 0 Å². The molecule has 3 N–H and O–H groups in total. The maximum absolute atomic E-state index is 5.43. The number of para-hydroxylation sites is 1. The van der Waals surface area contributed by atoms with E-state index in [0.29, 0.717) is 11.5 Å². The fourth-order valence-corrected chi connectivity index (χ4v) is 1.33. The van der Waals surface area contributed by atoms with Gasteiger partial charge in [0.1, 0.15) is 5.69 Å². The average molecular weight is 215 g/mol. The van der Waals surface area contributed by atoms with Crippen LogP contribution in [0.4, 0.5) is 5.69 Å². The van der Waals surface area contributed by atoms with Gasteiger partial charge < -0.3 is 9.99 Å². The van der Waals surface area contributed by atoms with Crippen molar-refractivity contribution >= 4 is 11.5 Å². The van der Waals surface area contributed by atoms with Crippen molar-refractivity contribution in [2.75, 3.05) is 0 Å². The van der Waals surface area contributed by atoms with Gasteiger partial charge in [0.25, 0.3) is 0 Å². The first-order valence-corrected chi connectivity index (χ1v) is 4.88. The lowest BCUT2D eigenvalue weighted by atomic mass is 10.3. The molecular weight excluding hydrogens is 202 g/mol. The van der Waals surface area contributed by atoms with Gasteiger partial charge in [0.2, 0.25) is 0 Å². The van der Waals surface area contributed by atoms with Gasteiger partial charge in [-0.2, -0.15) is 0 Å². The Bertz CT molecular complexity index is 486. The Morgan fingerprint density at radius 1 is 1.38 bits per heavy atom. The number of aromatic nitrogens is 2. The largest absolute Gasteiger partial charge is 0.340 e. The van der Waals surface area contributed by atoms with E-state index in [9.17, 15) is 0 Å². The number of nitrogens with two attached hydrogens (primary N) is 1. The van der Waals surface area contributed by atoms with E-state index in [-0.39, 0.29) is 0 Å². The molecule has 5 nitrogen and oxygen atoms in total. The molecule has 0 saturated heterocycles. The van der Waals surface area contributed by atoms with Crippen LogP contribution in [-0.4, -0.2) is 15.4 Å². The first kappa shape index (κ1) is 10.4. The van der Waals surface area contributed by atoms with Crippen LogP contribution in [0.1, 0.15) is 5.69 Å². The summed E-state index contributed by atoms with van der Waals surface area (Å²) in [6, 6.07) is 9.59. The van der Waals surface area contributed by atoms with E-state index >= 15 is 0 Å². The Morgan fingerprint density at radius 3 is 2.69 bits per heavy atom. The predicted molar refractivity (Wildman–Crippen MR) is 63.2 cm³/mol. The fraction of sp³-hybridized carbons (Fsp3) is 0.0909. The fourth-order valence-electron chi connectivity index (χ4n) is 1.33. The van der Waals surface area contributed by atoms with Crippen LogP contribution in [0.25, 0.3) is 0 Å². The number of aliphatic imine (C=N–C) groups is 1. The molecule has 2 aromatic rings. The van der Waals surface area contributed by atoms with E-state index in [1.54, 1.807) is 6.33 Å². The van der Waals surface area contributed by atoms with Gasteiger partial charge in [0.15, 0.2) is 5.84 Å². The molecule has 1 heterocycles. The Hall–Kier alpha value is -2.14. The van der Waals surface area contributed by atoms with Crippen LogP contribution in [0.5, 0.6) is 0 Å². The lowest BCUT2D eigenvalue weighted by Crippen LogP contribution is -2.31. The van der Waals surface area contributed by atoms with E-state index in [2.05, 4.69) is 15.4 Å². The third kappa shape index (κ3) is 2.26. The highest BCUT2D eigenvalue weighted by molar-refractivity contribution is 5.98. The van der Waals surface area contributed by atoms with E-state index < -0.39 is 0 Å². The van der Waals surface area contributed by atoms with Crippen molar-refractivity contribution in [3.8, 4) is 0 Å². The van der Waals surface area contributed by atoms with Gasteiger partial charge in [0.05, 0.1) is 12.0 Å². The molecule has 16 heavy (non-hydrogen) atoms. The summed E-state index contributed by atoms with van der Waals surface area (Å²) in [5, 5.41) is 0. The summed E-state index contributed by atoms with van der Waals surface area (Å²) in [6.07, 6.45) is 3.55. The molecule has 0 aliphatic rings. The average Bonchev–Trinajstić information content (AvgIpc) is 2.74. The second-order valence-corrected chi connectivity index (χ2v) is 3.36. The third-order valence-electron chi connectivity index (χ3n) is 2.08. The Balaban J connectivity index is 2.33. The molecule has 2 rings (SSSR count). The molecule has 0 amide bonds. The van der Waals surface area contributed by atoms with Crippen LogP contribution in [0.2, 0.25) is 0 Å². The maximum Gasteiger partial charge on any atom is 0.168 e. The number of nitrogens with zero attached hydrogens (tertiary/aromatic N) is 3. The molecule has 82 valence electrons. The SMILES string of the molecule is Cn1cnc(C(=Nc2ccccc2)NN)c1. The smallest absolute Gasteiger partial charge is 0.168 e. The van der Waals surface area contributed by atoms with Gasteiger partial charge in [-0.15, -0.1) is 0 Å². The minimum Gasteiger partial charge on any atom is -0.340 e. The first-order valence-electron chi connectivity index (χ1n) is 4.88. The Labute approximate surface area is 93.6 Å². The number of hydrogen-bond acceptors (Lipinski definition) is 3. The number of aryl methyl sites for hydroxylation is 1. The zero-order valence-corrected chi connectivity index (χ0v) is 8.96. The molecule has 0 fully saturated rings. The minimum atomic E-state index is 0.548. The van der Waals surface area contributed by atoms with Crippen molar-refractivity contribution < 1.29 is 0 Å². The van der Waals surface area contributed by atoms with E-state index in [4.69, 9.17) is 5.84 Å². The number of hydrazine groups is 1. The zero-order chi connectivity index (χ0) is 11.4. The lowest BCUT2D eigenvalue weighted by molar-refractivity contribution is 0.913. The van der Waals surface area contributed by atoms with Gasteiger partial charge >= 0.3 is 0 Å². The Kier molecular flexibility index (Phi) is 2.98. The molecule has 0 unspecified atom stereocenters. The van der Waals surface area contributed by atoms with Crippen LogP contribution in [-0.2, 0) is 7.05 Å². The molecule has 1 aromatic heterocycles. The number of imidazole rings is 1. The molecule has 0 bridgehead atoms. The molecule has 5 heteroatoms. The second kappa shape index (κ2) is 4.59. The topological polar surface area (TPSA) is 68.2 Å². The predicted octanol–water partition coefficient (Wildman–Crippen LogP) is 0.962. The monoisotopic (exact) mass is 215 g/mol. The third-order valence-corrected chi connectivity index (χ3v) is 2.08. The lowest BCUT2D eigenvalue weighted by Gasteiger charge is -2.01. The summed E-state index contributed by atoms with van der Waals surface area (Å²) in [5.41, 5.74) is 4.11. The summed E-state index contributed by atoms with van der Waals surface area (Å²) in [7, 11) is 1.90. The van der Waals surface area contributed by atoms with Gasteiger partial charge in [-0.1, -0.05) is 18.2 Å². The van der Waals surface area contributed by atoms with E-state index in [0.717, 1.165) is 5.69 Å². The summed E-state index contributed by atoms with van der Waals surface area (Å²) >= 11 is 0. The molecule has 0 aliphatic heterocycles. The van der Waals surface area contributed by atoms with Crippen molar-refractivity contribution in [3.05, 3.63) is 48.5 Å². The van der Waals surface area contributed by atoms with Crippen LogP contribution in [0.15, 0.2) is 47.8 Å². The molecule has 0 saturated carbocycles. The number of benzene rings is 1. The number of amidine groups is 1. The van der Waals surface area contributed by atoms with Crippen LogP contribution < -0.4 is 11.3 Å². The molecule has 0 atom stereocenters. The quantitative estimate of drug-likeness (QED) is 0.339. The van der Waals surface area contributed by atoms with Gasteiger partial charge in [-0.3, -0.25) is 0 Å². The van der Waals surface area contributed by atoms with Crippen molar-refractivity contribution in [1.29, 1.82) is 0 Å². The standard InChI is InChI=1S/C11H13N5/c1-16-7-10(13-8-16)11(15-12)14-9-5-3-2-4-6-9/h2-8H,12H2,1H3,(H,14,15). The van der Waals surface area contributed by atoms with Gasteiger partial charge in [-0.05, 0) is 12.1 Å². The van der Waals surface area contributed by atoms with Crippen molar-refractivity contribution in [2.45, 2.75) is 0 Å². The van der Waals surface area contributed by atoms with Crippen molar-refractivity contribution in [3.63, 3.8) is 0 Å². The molecule has 0 radical (unpaired) electrons. The van der Waals surface area contributed by atoms with E-state index in [1.165, 1.54) is 0 Å². The minimum absolute atomic E-state index is 0.548. The normalized spacial score (nSPS) is 11.5. The van der Waals surface area contributed by atoms with Crippen molar-refractivity contribution in [1.82, 2.24) is 15.0 Å². The number of nitrogens with one attached hydrogen (secondary N) is 1. The molecule has 1 aromatic carbocycles. The highest BCUT2D eigenvalue weighted by Gasteiger charge is 2.04. The van der Waals surface area contributed by atoms with E-state index in [1.807, 2.05) is 48.1 Å². The molecular formula is C11H13N5. The zero-order valence-electron chi connectivity index (χ0n) is 8.96. The molecule has 0 spiro atoms. The van der Waals surface area contributed by atoms with Crippen molar-refractivity contribution in [2.24, 2.45) is 17.9 Å². The van der Waals surface area contributed by atoms with Gasteiger partial charge in [0, 0.05) is 13.2 Å². The number of rotatable bonds is 2. The second-order valence-electron chi connectivity index (χ2n) is 3.36. The molecule has 0 aliphatic carbocycles. The van der Waals surface area contributed by atoms with Crippen LogP contribution in [0, 0.1) is 0 Å². The summed E-state index contributed by atoms with van der Waals surface area (Å²) in [4.78, 5) is 8.54. The highest BCUT2D eigenvalue weighted by Crippen LogP contribution is 2.11.